The monoisotopic (exact) mass is 422 g/mol. The Balaban J connectivity index is 1.62. The summed E-state index contributed by atoms with van der Waals surface area (Å²) >= 11 is 0. The number of nitrogens with one attached hydrogen (secondary N) is 2. The van der Waals surface area contributed by atoms with E-state index in [1.165, 1.54) is 12.8 Å². The Labute approximate surface area is 182 Å². The van der Waals surface area contributed by atoms with Crippen LogP contribution in [0.15, 0.2) is 36.7 Å². The number of hydrogen-bond acceptors (Lipinski definition) is 7. The summed E-state index contributed by atoms with van der Waals surface area (Å²) in [4.78, 5) is 23.8. The molecule has 0 aliphatic carbocycles. The second-order valence-electron chi connectivity index (χ2n) is 7.75. The van der Waals surface area contributed by atoms with Crippen molar-refractivity contribution in [1.82, 2.24) is 19.9 Å². The summed E-state index contributed by atoms with van der Waals surface area (Å²) in [5.41, 5.74) is 3.38. The molecular formula is C23H30N6O2. The Morgan fingerprint density at radius 3 is 2.55 bits per heavy atom. The van der Waals surface area contributed by atoms with Gasteiger partial charge in [0.05, 0.1) is 18.1 Å². The van der Waals surface area contributed by atoms with Gasteiger partial charge in [0, 0.05) is 56.0 Å². The first-order chi connectivity index (χ1) is 15.1. The van der Waals surface area contributed by atoms with Gasteiger partial charge in [-0.25, -0.2) is 9.78 Å². The minimum absolute atomic E-state index is 0.252. The van der Waals surface area contributed by atoms with E-state index in [4.69, 9.17) is 9.72 Å². The van der Waals surface area contributed by atoms with E-state index >= 15 is 0 Å². The van der Waals surface area contributed by atoms with Gasteiger partial charge in [0.1, 0.15) is 5.65 Å². The summed E-state index contributed by atoms with van der Waals surface area (Å²) in [5, 5.41) is 7.38. The van der Waals surface area contributed by atoms with Gasteiger partial charge in [-0.05, 0) is 37.1 Å². The quantitative estimate of drug-likeness (QED) is 0.561. The highest BCUT2D eigenvalue weighted by Gasteiger charge is 2.21. The highest BCUT2D eigenvalue weighted by molar-refractivity contribution is 6.03. The molecule has 31 heavy (non-hydrogen) atoms. The highest BCUT2D eigenvalue weighted by Crippen LogP contribution is 2.28. The molecule has 0 atom stereocenters. The third-order valence-electron chi connectivity index (χ3n) is 5.92. The summed E-state index contributed by atoms with van der Waals surface area (Å²) in [6, 6.07) is 8.58. The van der Waals surface area contributed by atoms with Gasteiger partial charge in [-0.15, -0.1) is 0 Å². The van der Waals surface area contributed by atoms with Crippen LogP contribution in [0.3, 0.4) is 0 Å². The van der Waals surface area contributed by atoms with Crippen LogP contribution in [0.5, 0.6) is 0 Å². The summed E-state index contributed by atoms with van der Waals surface area (Å²) in [6.07, 6.45) is 5.43. The largest absolute Gasteiger partial charge is 0.465 e. The molecule has 8 nitrogen and oxygen atoms in total. The third kappa shape index (κ3) is 4.34. The van der Waals surface area contributed by atoms with Crippen LogP contribution in [0, 0.1) is 0 Å². The number of rotatable bonds is 7. The number of carbonyl (C=O) groups is 1. The van der Waals surface area contributed by atoms with Gasteiger partial charge in [-0.3, -0.25) is 0 Å². The zero-order valence-corrected chi connectivity index (χ0v) is 18.4. The molecule has 1 saturated heterocycles. The van der Waals surface area contributed by atoms with Gasteiger partial charge >= 0.3 is 5.97 Å². The van der Waals surface area contributed by atoms with Crippen molar-refractivity contribution in [3.05, 3.63) is 42.2 Å². The topological polar surface area (TPSA) is 84.3 Å². The lowest BCUT2D eigenvalue weighted by Gasteiger charge is -2.29. The van der Waals surface area contributed by atoms with Crippen LogP contribution in [-0.2, 0) is 4.74 Å². The second kappa shape index (κ2) is 9.34. The molecule has 8 heteroatoms. The van der Waals surface area contributed by atoms with E-state index in [1.54, 1.807) is 6.20 Å². The van der Waals surface area contributed by atoms with Crippen molar-refractivity contribution < 1.29 is 9.53 Å². The van der Waals surface area contributed by atoms with Gasteiger partial charge in [0.2, 0.25) is 5.95 Å². The Morgan fingerprint density at radius 2 is 1.90 bits per heavy atom. The van der Waals surface area contributed by atoms with Crippen LogP contribution in [0.25, 0.3) is 11.0 Å². The molecule has 3 aromatic rings. The number of fused-ring (bicyclic) bond motifs is 1. The fourth-order valence-electron chi connectivity index (χ4n) is 4.13. The number of esters is 1. The minimum atomic E-state index is -0.373. The molecule has 0 radical (unpaired) electrons. The molecule has 1 fully saturated rings. The Hall–Kier alpha value is -3.13. The lowest BCUT2D eigenvalue weighted by atomic mass is 10.2. The maximum Gasteiger partial charge on any atom is 0.340 e. The number of methoxy groups -OCH3 is 1. The van der Waals surface area contributed by atoms with E-state index in [2.05, 4.69) is 51.1 Å². The highest BCUT2D eigenvalue weighted by atomic mass is 16.5. The third-order valence-corrected chi connectivity index (χ3v) is 5.92. The Morgan fingerprint density at radius 1 is 1.19 bits per heavy atom. The number of ether oxygens (including phenoxy) is 1. The molecule has 0 amide bonds. The molecule has 164 valence electrons. The van der Waals surface area contributed by atoms with Crippen LogP contribution in [0.4, 0.5) is 17.3 Å². The fourth-order valence-corrected chi connectivity index (χ4v) is 4.13. The number of aromatic nitrogens is 3. The van der Waals surface area contributed by atoms with Gasteiger partial charge in [0.25, 0.3) is 0 Å². The smallest absolute Gasteiger partial charge is 0.340 e. The lowest BCUT2D eigenvalue weighted by Crippen LogP contribution is -2.43. The molecule has 0 spiro atoms. The van der Waals surface area contributed by atoms with E-state index in [9.17, 15) is 4.79 Å². The van der Waals surface area contributed by atoms with Crippen molar-refractivity contribution >= 4 is 34.3 Å². The minimum Gasteiger partial charge on any atom is -0.465 e. The predicted octanol–water partition coefficient (Wildman–Crippen LogP) is 3.73. The second-order valence-corrected chi connectivity index (χ2v) is 7.75. The van der Waals surface area contributed by atoms with Gasteiger partial charge in [-0.2, -0.15) is 4.98 Å². The zero-order chi connectivity index (χ0) is 21.8. The summed E-state index contributed by atoms with van der Waals surface area (Å²) in [6.45, 7) is 8.33. The van der Waals surface area contributed by atoms with Crippen LogP contribution < -0.4 is 15.5 Å². The van der Waals surface area contributed by atoms with E-state index in [-0.39, 0.29) is 12.0 Å². The first kappa shape index (κ1) is 21.1. The molecule has 2 aromatic heterocycles. The molecule has 4 rings (SSSR count). The zero-order valence-electron chi connectivity index (χ0n) is 18.4. The van der Waals surface area contributed by atoms with Gasteiger partial charge < -0.3 is 24.8 Å². The van der Waals surface area contributed by atoms with Crippen molar-refractivity contribution in [3.8, 4) is 0 Å². The number of carbonyl (C=O) groups excluding carboxylic acids is 1. The van der Waals surface area contributed by atoms with Crippen molar-refractivity contribution in [2.24, 2.45) is 0 Å². The van der Waals surface area contributed by atoms with Crippen LogP contribution in [0.2, 0.25) is 0 Å². The summed E-state index contributed by atoms with van der Waals surface area (Å²) in [5.74, 6) is 0.131. The Bertz CT molecular complexity index is 1040. The van der Waals surface area contributed by atoms with E-state index in [0.29, 0.717) is 16.9 Å². The van der Waals surface area contributed by atoms with Crippen LogP contribution in [0.1, 0.15) is 43.1 Å². The Kier molecular flexibility index (Phi) is 6.36. The first-order valence-electron chi connectivity index (χ1n) is 10.9. The fraction of sp³-hybridized carbons (Fsp3) is 0.435. The standard InChI is InChI=1S/C23H30N6O2/c1-4-17(5-2)29-15-20(22(30)31-3)19-14-25-23(27-21(19)29)26-16-6-8-18(9-7-16)28-12-10-24-11-13-28/h6-9,14-15,17,24H,4-5,10-13H2,1-3H3,(H,25,26,27). The van der Waals surface area contributed by atoms with Gasteiger partial charge in [-0.1, -0.05) is 13.8 Å². The number of piperazine rings is 1. The average Bonchev–Trinajstić information content (AvgIpc) is 3.19. The van der Waals surface area contributed by atoms with E-state index in [1.807, 2.05) is 18.3 Å². The number of anilines is 3. The number of benzene rings is 1. The maximum atomic E-state index is 12.3. The molecule has 1 aliphatic rings. The molecule has 0 saturated carbocycles. The number of hydrogen-bond donors (Lipinski definition) is 2. The summed E-state index contributed by atoms with van der Waals surface area (Å²) < 4.78 is 7.03. The number of nitrogens with zero attached hydrogens (tertiary/aromatic N) is 4. The van der Waals surface area contributed by atoms with Crippen LogP contribution in [-0.4, -0.2) is 53.8 Å². The molecule has 3 heterocycles. The van der Waals surface area contributed by atoms with E-state index in [0.717, 1.165) is 50.4 Å². The molecular weight excluding hydrogens is 392 g/mol. The van der Waals surface area contributed by atoms with Crippen LogP contribution >= 0.6 is 0 Å². The summed E-state index contributed by atoms with van der Waals surface area (Å²) in [7, 11) is 1.39. The molecule has 0 bridgehead atoms. The van der Waals surface area contributed by atoms with Gasteiger partial charge in [0.15, 0.2) is 0 Å². The molecule has 2 N–H and O–H groups in total. The predicted molar refractivity (Wildman–Crippen MR) is 123 cm³/mol. The molecule has 1 aromatic carbocycles. The van der Waals surface area contributed by atoms with Crippen molar-refractivity contribution in [1.29, 1.82) is 0 Å². The SMILES string of the molecule is CCC(CC)n1cc(C(=O)OC)c2cnc(Nc3ccc(N4CCNCC4)cc3)nc21. The van der Waals surface area contributed by atoms with Crippen molar-refractivity contribution in [3.63, 3.8) is 0 Å². The normalized spacial score (nSPS) is 14.3. The maximum absolute atomic E-state index is 12.3. The van der Waals surface area contributed by atoms with E-state index < -0.39 is 0 Å². The molecule has 0 unspecified atom stereocenters. The van der Waals surface area contributed by atoms with Crippen molar-refractivity contribution in [2.75, 3.05) is 43.5 Å². The average molecular weight is 423 g/mol. The first-order valence-corrected chi connectivity index (χ1v) is 10.9. The van der Waals surface area contributed by atoms with Crippen molar-refractivity contribution in [2.45, 2.75) is 32.7 Å². The molecule has 1 aliphatic heterocycles. The lowest BCUT2D eigenvalue weighted by molar-refractivity contribution is 0.0602.